The number of benzene rings is 1. The van der Waals surface area contributed by atoms with E-state index in [0.29, 0.717) is 6.10 Å². The Kier molecular flexibility index (Phi) is 3.81. The maximum atomic E-state index is 5.63. The van der Waals surface area contributed by atoms with Crippen molar-refractivity contribution in [1.82, 2.24) is 0 Å². The standard InChI is InChI=1S/C15H19NOS/c1(3-14-4-2-9-17-14)8-16-13-5-6-15-12(11-13)7-10-18-15/h5-7,10-11,14,16H,1-4,8-9H2. The van der Waals surface area contributed by atoms with E-state index in [2.05, 4.69) is 35.0 Å². The molecular formula is C15H19NOS. The Bertz CT molecular complexity index is 502. The van der Waals surface area contributed by atoms with Crippen LogP contribution < -0.4 is 5.32 Å². The highest BCUT2D eigenvalue weighted by Crippen LogP contribution is 2.24. The quantitative estimate of drug-likeness (QED) is 0.811. The molecule has 1 saturated heterocycles. The van der Waals surface area contributed by atoms with Gasteiger partial charge in [-0.2, -0.15) is 0 Å². The molecule has 1 aliphatic heterocycles. The number of thiophene rings is 1. The topological polar surface area (TPSA) is 21.3 Å². The third-order valence-electron chi connectivity index (χ3n) is 3.51. The van der Waals surface area contributed by atoms with Gasteiger partial charge in [-0.1, -0.05) is 0 Å². The lowest BCUT2D eigenvalue weighted by Crippen LogP contribution is -2.08. The van der Waals surface area contributed by atoms with E-state index in [-0.39, 0.29) is 0 Å². The second kappa shape index (κ2) is 5.72. The first kappa shape index (κ1) is 12.0. The fourth-order valence-electron chi connectivity index (χ4n) is 2.51. The minimum absolute atomic E-state index is 0.520. The van der Waals surface area contributed by atoms with Crippen molar-refractivity contribution in [3.8, 4) is 0 Å². The van der Waals surface area contributed by atoms with E-state index in [1.165, 1.54) is 41.5 Å². The molecule has 3 heteroatoms. The molecule has 0 aliphatic carbocycles. The zero-order valence-electron chi connectivity index (χ0n) is 10.5. The van der Waals surface area contributed by atoms with E-state index in [0.717, 1.165) is 13.2 Å². The molecule has 1 fully saturated rings. The molecule has 1 unspecified atom stereocenters. The van der Waals surface area contributed by atoms with Crippen molar-refractivity contribution in [1.29, 1.82) is 0 Å². The van der Waals surface area contributed by atoms with Crippen LogP contribution in [0.4, 0.5) is 5.69 Å². The Morgan fingerprint density at radius 1 is 1.33 bits per heavy atom. The van der Waals surface area contributed by atoms with Gasteiger partial charge in [0.15, 0.2) is 0 Å². The summed E-state index contributed by atoms with van der Waals surface area (Å²) < 4.78 is 6.99. The number of anilines is 1. The Balaban J connectivity index is 1.47. The average molecular weight is 261 g/mol. The number of rotatable bonds is 5. The average Bonchev–Trinajstić information content (AvgIpc) is 3.05. The zero-order chi connectivity index (χ0) is 12.2. The molecule has 1 aromatic heterocycles. The lowest BCUT2D eigenvalue weighted by Gasteiger charge is -2.10. The van der Waals surface area contributed by atoms with Crippen molar-refractivity contribution in [3.05, 3.63) is 29.6 Å². The van der Waals surface area contributed by atoms with Gasteiger partial charge in [0.25, 0.3) is 0 Å². The van der Waals surface area contributed by atoms with Crippen LogP contribution >= 0.6 is 11.3 Å². The maximum absolute atomic E-state index is 5.63. The van der Waals surface area contributed by atoms with E-state index in [9.17, 15) is 0 Å². The van der Waals surface area contributed by atoms with Crippen LogP contribution in [0.15, 0.2) is 29.6 Å². The molecular weight excluding hydrogens is 242 g/mol. The number of nitrogens with one attached hydrogen (secondary N) is 1. The molecule has 0 bridgehead atoms. The first-order chi connectivity index (χ1) is 8.92. The fourth-order valence-corrected chi connectivity index (χ4v) is 3.28. The van der Waals surface area contributed by atoms with Gasteiger partial charge in [0.1, 0.15) is 0 Å². The first-order valence-electron chi connectivity index (χ1n) is 6.74. The molecule has 96 valence electrons. The lowest BCUT2D eigenvalue weighted by atomic mass is 10.1. The summed E-state index contributed by atoms with van der Waals surface area (Å²) in [6.07, 6.45) is 5.39. The van der Waals surface area contributed by atoms with E-state index < -0.39 is 0 Å². The van der Waals surface area contributed by atoms with Crippen LogP contribution in [-0.4, -0.2) is 19.3 Å². The molecule has 3 rings (SSSR count). The molecule has 18 heavy (non-hydrogen) atoms. The van der Waals surface area contributed by atoms with E-state index >= 15 is 0 Å². The molecule has 2 heterocycles. The molecule has 1 aromatic carbocycles. The van der Waals surface area contributed by atoms with Crippen molar-refractivity contribution in [3.63, 3.8) is 0 Å². The minimum atomic E-state index is 0.520. The van der Waals surface area contributed by atoms with Crippen LogP contribution in [0, 0.1) is 0 Å². The van der Waals surface area contributed by atoms with Gasteiger partial charge in [-0.05, 0) is 60.7 Å². The number of ether oxygens (including phenoxy) is 1. The monoisotopic (exact) mass is 261 g/mol. The van der Waals surface area contributed by atoms with Crippen molar-refractivity contribution in [2.45, 2.75) is 31.8 Å². The smallest absolute Gasteiger partial charge is 0.0576 e. The van der Waals surface area contributed by atoms with Crippen LogP contribution in [0.1, 0.15) is 25.7 Å². The first-order valence-corrected chi connectivity index (χ1v) is 7.62. The summed E-state index contributed by atoms with van der Waals surface area (Å²) in [5, 5.41) is 6.98. The SMILES string of the molecule is c1cc2cc(NCCCC3CCCO3)ccc2s1. The van der Waals surface area contributed by atoms with Crippen LogP contribution in [0.3, 0.4) is 0 Å². The van der Waals surface area contributed by atoms with Crippen LogP contribution in [0.2, 0.25) is 0 Å². The Labute approximate surface area is 112 Å². The van der Waals surface area contributed by atoms with Gasteiger partial charge in [-0.3, -0.25) is 0 Å². The maximum Gasteiger partial charge on any atom is 0.0576 e. The van der Waals surface area contributed by atoms with Gasteiger partial charge in [0, 0.05) is 23.5 Å². The van der Waals surface area contributed by atoms with Gasteiger partial charge >= 0.3 is 0 Å². The third kappa shape index (κ3) is 2.85. The Morgan fingerprint density at radius 2 is 2.33 bits per heavy atom. The number of hydrogen-bond donors (Lipinski definition) is 1. The van der Waals surface area contributed by atoms with Crippen molar-refractivity contribution in [2.75, 3.05) is 18.5 Å². The highest BCUT2D eigenvalue weighted by molar-refractivity contribution is 7.17. The summed E-state index contributed by atoms with van der Waals surface area (Å²) in [5.41, 5.74) is 1.23. The minimum Gasteiger partial charge on any atom is -0.385 e. The highest BCUT2D eigenvalue weighted by Gasteiger charge is 2.14. The lowest BCUT2D eigenvalue weighted by molar-refractivity contribution is 0.103. The van der Waals surface area contributed by atoms with Gasteiger partial charge < -0.3 is 10.1 Å². The summed E-state index contributed by atoms with van der Waals surface area (Å²) in [6.45, 7) is 2.00. The normalized spacial score (nSPS) is 19.4. The second-order valence-electron chi connectivity index (χ2n) is 4.88. The molecule has 0 amide bonds. The van der Waals surface area contributed by atoms with Gasteiger partial charge in [-0.15, -0.1) is 11.3 Å². The predicted molar refractivity (Wildman–Crippen MR) is 78.5 cm³/mol. The van der Waals surface area contributed by atoms with Crippen LogP contribution in [-0.2, 0) is 4.74 Å². The van der Waals surface area contributed by atoms with Gasteiger partial charge in [-0.25, -0.2) is 0 Å². The summed E-state index contributed by atoms with van der Waals surface area (Å²) >= 11 is 1.80. The van der Waals surface area contributed by atoms with Crippen molar-refractivity contribution in [2.24, 2.45) is 0 Å². The van der Waals surface area contributed by atoms with Crippen molar-refractivity contribution < 1.29 is 4.74 Å². The predicted octanol–water partition coefficient (Wildman–Crippen LogP) is 4.27. The molecule has 2 nitrogen and oxygen atoms in total. The van der Waals surface area contributed by atoms with E-state index in [1.807, 2.05) is 0 Å². The second-order valence-corrected chi connectivity index (χ2v) is 5.82. The molecule has 2 aromatic rings. The Hall–Kier alpha value is -1.06. The molecule has 0 saturated carbocycles. The van der Waals surface area contributed by atoms with Crippen LogP contribution in [0.25, 0.3) is 10.1 Å². The van der Waals surface area contributed by atoms with Crippen molar-refractivity contribution >= 4 is 27.1 Å². The largest absolute Gasteiger partial charge is 0.385 e. The molecule has 0 radical (unpaired) electrons. The molecule has 1 atom stereocenters. The summed E-state index contributed by atoms with van der Waals surface area (Å²) in [5.74, 6) is 0. The molecule has 1 aliphatic rings. The van der Waals surface area contributed by atoms with E-state index in [1.54, 1.807) is 11.3 Å². The molecule has 1 N–H and O–H groups in total. The number of fused-ring (bicyclic) bond motifs is 1. The summed E-state index contributed by atoms with van der Waals surface area (Å²) in [4.78, 5) is 0. The van der Waals surface area contributed by atoms with E-state index in [4.69, 9.17) is 4.74 Å². The Morgan fingerprint density at radius 3 is 3.22 bits per heavy atom. The highest BCUT2D eigenvalue weighted by atomic mass is 32.1. The summed E-state index contributed by atoms with van der Waals surface area (Å²) in [6, 6.07) is 8.78. The van der Waals surface area contributed by atoms with Gasteiger partial charge in [0.2, 0.25) is 0 Å². The fraction of sp³-hybridized carbons (Fsp3) is 0.467. The third-order valence-corrected chi connectivity index (χ3v) is 4.41. The zero-order valence-corrected chi connectivity index (χ0v) is 11.3. The number of hydrogen-bond acceptors (Lipinski definition) is 3. The van der Waals surface area contributed by atoms with Gasteiger partial charge in [0.05, 0.1) is 6.10 Å². The van der Waals surface area contributed by atoms with Crippen LogP contribution in [0.5, 0.6) is 0 Å². The summed E-state index contributed by atoms with van der Waals surface area (Å²) in [7, 11) is 0. The molecule has 0 spiro atoms.